The third kappa shape index (κ3) is 5.15. The van der Waals surface area contributed by atoms with Crippen LogP contribution < -0.4 is 5.73 Å². The van der Waals surface area contributed by atoms with Crippen molar-refractivity contribution < 1.29 is 13.6 Å². The van der Waals surface area contributed by atoms with Gasteiger partial charge in [-0.25, -0.2) is 8.78 Å². The van der Waals surface area contributed by atoms with E-state index in [-0.39, 0.29) is 29.8 Å². The van der Waals surface area contributed by atoms with Crippen LogP contribution in [0.3, 0.4) is 0 Å². The lowest BCUT2D eigenvalue weighted by atomic mass is 9.79. The fraction of sp³-hybridized carbons (Fsp3) is 0.588. The predicted molar refractivity (Wildman–Crippen MR) is 89.5 cm³/mol. The zero-order valence-corrected chi connectivity index (χ0v) is 14.5. The number of benzene rings is 1. The molecule has 0 saturated carbocycles. The lowest BCUT2D eigenvalue weighted by molar-refractivity contribution is -0.134. The minimum atomic E-state index is -0.841. The number of rotatable bonds is 4. The number of nitrogens with two attached hydrogens (primary N) is 1. The van der Waals surface area contributed by atoms with Gasteiger partial charge in [0, 0.05) is 25.6 Å². The van der Waals surface area contributed by atoms with Crippen LogP contribution in [0.15, 0.2) is 18.2 Å². The molecule has 1 heterocycles. The molecule has 1 amide bonds. The molecule has 23 heavy (non-hydrogen) atoms. The molecule has 1 aliphatic rings. The third-order valence-electron chi connectivity index (χ3n) is 4.50. The van der Waals surface area contributed by atoms with Crippen molar-refractivity contribution >= 4 is 18.3 Å². The molecule has 1 aromatic carbocycles. The molecule has 2 N–H and O–H groups in total. The van der Waals surface area contributed by atoms with Crippen molar-refractivity contribution in [3.63, 3.8) is 0 Å². The number of hydrogen-bond donors (Lipinski definition) is 1. The average Bonchev–Trinajstić information content (AvgIpc) is 2.45. The lowest BCUT2D eigenvalue weighted by Gasteiger charge is -2.42. The van der Waals surface area contributed by atoms with Crippen LogP contribution >= 0.6 is 12.4 Å². The number of likely N-dealkylation sites (tertiary alicyclic amines) is 1. The second-order valence-corrected chi connectivity index (χ2v) is 6.80. The van der Waals surface area contributed by atoms with E-state index >= 15 is 0 Å². The maximum atomic E-state index is 13.1. The van der Waals surface area contributed by atoms with E-state index in [1.54, 1.807) is 6.07 Å². The topological polar surface area (TPSA) is 46.3 Å². The summed E-state index contributed by atoms with van der Waals surface area (Å²) in [6, 6.07) is 4.01. The second kappa shape index (κ2) is 8.06. The molecule has 130 valence electrons. The summed E-state index contributed by atoms with van der Waals surface area (Å²) < 4.78 is 26.0. The molecule has 0 radical (unpaired) electrons. The normalized spacial score (nSPS) is 20.0. The Hall–Kier alpha value is -1.20. The van der Waals surface area contributed by atoms with Crippen molar-refractivity contribution in [2.24, 2.45) is 11.1 Å². The van der Waals surface area contributed by atoms with Crippen LogP contribution in [0.5, 0.6) is 0 Å². The van der Waals surface area contributed by atoms with E-state index in [0.717, 1.165) is 12.5 Å². The summed E-state index contributed by atoms with van der Waals surface area (Å²) in [6.45, 7) is 5.55. The number of piperidine rings is 1. The highest BCUT2D eigenvalue weighted by Gasteiger charge is 2.34. The number of halogens is 3. The Morgan fingerprint density at radius 2 is 2.04 bits per heavy atom. The highest BCUT2D eigenvalue weighted by atomic mass is 35.5. The zero-order chi connectivity index (χ0) is 16.3. The molecule has 3 nitrogen and oxygen atoms in total. The van der Waals surface area contributed by atoms with E-state index in [4.69, 9.17) is 5.73 Å². The first-order valence-electron chi connectivity index (χ1n) is 7.77. The summed E-state index contributed by atoms with van der Waals surface area (Å²) >= 11 is 0. The molecule has 0 spiro atoms. The SMILES string of the molecule is CC1(C)CN(C(=O)CCCc2ccc(F)c(F)c2)CCC1N.Cl. The van der Waals surface area contributed by atoms with Crippen LogP contribution in [0, 0.1) is 17.0 Å². The highest BCUT2D eigenvalue weighted by molar-refractivity contribution is 5.85. The maximum absolute atomic E-state index is 13.1. The van der Waals surface area contributed by atoms with Gasteiger partial charge < -0.3 is 10.6 Å². The van der Waals surface area contributed by atoms with Gasteiger partial charge in [-0.3, -0.25) is 4.79 Å². The first-order valence-corrected chi connectivity index (χ1v) is 7.77. The fourth-order valence-corrected chi connectivity index (χ4v) is 2.88. The Bertz CT molecular complexity index is 551. The van der Waals surface area contributed by atoms with Gasteiger partial charge in [0.05, 0.1) is 0 Å². The molecule has 0 bridgehead atoms. The summed E-state index contributed by atoms with van der Waals surface area (Å²) in [6.07, 6.45) is 2.44. The maximum Gasteiger partial charge on any atom is 0.222 e. The number of carbonyl (C=O) groups is 1. The van der Waals surface area contributed by atoms with Crippen LogP contribution in [0.25, 0.3) is 0 Å². The van der Waals surface area contributed by atoms with E-state index in [1.165, 1.54) is 6.07 Å². The summed E-state index contributed by atoms with van der Waals surface area (Å²) in [5.41, 5.74) is 6.73. The molecule has 1 unspecified atom stereocenters. The van der Waals surface area contributed by atoms with Crippen LogP contribution in [-0.4, -0.2) is 29.9 Å². The summed E-state index contributed by atoms with van der Waals surface area (Å²) in [5.74, 6) is -1.56. The minimum absolute atomic E-state index is 0. The van der Waals surface area contributed by atoms with Crippen molar-refractivity contribution in [1.29, 1.82) is 0 Å². The molecule has 0 aromatic heterocycles. The smallest absolute Gasteiger partial charge is 0.222 e. The molecular weight excluding hydrogens is 322 g/mol. The monoisotopic (exact) mass is 346 g/mol. The second-order valence-electron chi connectivity index (χ2n) is 6.80. The first-order chi connectivity index (χ1) is 10.3. The predicted octanol–water partition coefficient (Wildman–Crippen LogP) is 3.30. The quantitative estimate of drug-likeness (QED) is 0.909. The number of carbonyl (C=O) groups excluding carboxylic acids is 1. The Labute approximate surface area is 142 Å². The van der Waals surface area contributed by atoms with Gasteiger partial charge in [0.15, 0.2) is 11.6 Å². The molecular formula is C17H25ClF2N2O. The van der Waals surface area contributed by atoms with Crippen molar-refractivity contribution in [3.05, 3.63) is 35.4 Å². The number of hydrogen-bond acceptors (Lipinski definition) is 2. The summed E-state index contributed by atoms with van der Waals surface area (Å²) in [4.78, 5) is 14.1. The zero-order valence-electron chi connectivity index (χ0n) is 13.6. The van der Waals surface area contributed by atoms with Gasteiger partial charge in [0.2, 0.25) is 5.91 Å². The molecule has 0 aliphatic carbocycles. The Morgan fingerprint density at radius 3 is 2.65 bits per heavy atom. The van der Waals surface area contributed by atoms with Gasteiger partial charge in [0.25, 0.3) is 0 Å². The molecule has 6 heteroatoms. The standard InChI is InChI=1S/C17H24F2N2O.ClH/c1-17(2)11-21(9-8-15(17)20)16(22)5-3-4-12-6-7-13(18)14(19)10-12;/h6-7,10,15H,3-5,8-9,11,20H2,1-2H3;1H. The fourth-order valence-electron chi connectivity index (χ4n) is 2.88. The minimum Gasteiger partial charge on any atom is -0.342 e. The van der Waals surface area contributed by atoms with Crippen molar-refractivity contribution in [2.45, 2.75) is 45.6 Å². The van der Waals surface area contributed by atoms with E-state index in [2.05, 4.69) is 13.8 Å². The Balaban J connectivity index is 0.00000264. The molecule has 1 atom stereocenters. The van der Waals surface area contributed by atoms with Crippen molar-refractivity contribution in [1.82, 2.24) is 4.90 Å². The molecule has 1 saturated heterocycles. The van der Waals surface area contributed by atoms with Gasteiger partial charge >= 0.3 is 0 Å². The van der Waals surface area contributed by atoms with Gasteiger partial charge in [0.1, 0.15) is 0 Å². The lowest BCUT2D eigenvalue weighted by Crippen LogP contribution is -2.53. The Kier molecular flexibility index (Phi) is 6.96. The van der Waals surface area contributed by atoms with Crippen LogP contribution in [0.1, 0.15) is 38.7 Å². The highest BCUT2D eigenvalue weighted by Crippen LogP contribution is 2.28. The average molecular weight is 347 g/mol. The first kappa shape index (κ1) is 19.8. The third-order valence-corrected chi connectivity index (χ3v) is 4.50. The summed E-state index contributed by atoms with van der Waals surface area (Å²) in [7, 11) is 0. The molecule has 1 aromatic rings. The Morgan fingerprint density at radius 1 is 1.35 bits per heavy atom. The molecule has 1 aliphatic heterocycles. The van der Waals surface area contributed by atoms with Crippen LogP contribution in [-0.2, 0) is 11.2 Å². The van der Waals surface area contributed by atoms with Crippen molar-refractivity contribution in [3.8, 4) is 0 Å². The van der Waals surface area contributed by atoms with E-state index in [0.29, 0.717) is 37.9 Å². The molecule has 1 fully saturated rings. The van der Waals surface area contributed by atoms with Crippen LogP contribution in [0.2, 0.25) is 0 Å². The van der Waals surface area contributed by atoms with Crippen LogP contribution in [0.4, 0.5) is 8.78 Å². The van der Waals surface area contributed by atoms with Crippen molar-refractivity contribution in [2.75, 3.05) is 13.1 Å². The number of amides is 1. The number of nitrogens with zero attached hydrogens (tertiary/aromatic N) is 1. The largest absolute Gasteiger partial charge is 0.342 e. The van der Waals surface area contributed by atoms with Gasteiger partial charge in [-0.05, 0) is 42.4 Å². The summed E-state index contributed by atoms with van der Waals surface area (Å²) in [5, 5.41) is 0. The van der Waals surface area contributed by atoms with E-state index in [9.17, 15) is 13.6 Å². The van der Waals surface area contributed by atoms with Gasteiger partial charge in [-0.15, -0.1) is 12.4 Å². The molecule has 2 rings (SSSR count). The van der Waals surface area contributed by atoms with E-state index < -0.39 is 11.6 Å². The van der Waals surface area contributed by atoms with Gasteiger partial charge in [-0.1, -0.05) is 19.9 Å². The number of aryl methyl sites for hydroxylation is 1. The van der Waals surface area contributed by atoms with E-state index in [1.807, 2.05) is 4.90 Å². The van der Waals surface area contributed by atoms with Gasteiger partial charge in [-0.2, -0.15) is 0 Å².